The number of hydrogen-bond donors (Lipinski definition) is 3. The molecular formula is C18H17N3O4. The first-order valence-electron chi connectivity index (χ1n) is 7.73. The first-order chi connectivity index (χ1) is 11.9. The van der Waals surface area contributed by atoms with Crippen molar-refractivity contribution in [2.24, 2.45) is 0 Å². The van der Waals surface area contributed by atoms with Crippen molar-refractivity contribution in [1.29, 1.82) is 0 Å². The van der Waals surface area contributed by atoms with E-state index in [4.69, 9.17) is 4.74 Å². The predicted molar refractivity (Wildman–Crippen MR) is 95.1 cm³/mol. The van der Waals surface area contributed by atoms with Gasteiger partial charge < -0.3 is 20.0 Å². The Morgan fingerprint density at radius 2 is 1.64 bits per heavy atom. The highest BCUT2D eigenvalue weighted by Crippen LogP contribution is 2.16. The van der Waals surface area contributed by atoms with Crippen LogP contribution in [0.15, 0.2) is 52.1 Å². The number of rotatable bonds is 4. The summed E-state index contributed by atoms with van der Waals surface area (Å²) in [6.45, 7) is 3.62. The van der Waals surface area contributed by atoms with Gasteiger partial charge in [-0.15, -0.1) is 0 Å². The molecule has 7 nitrogen and oxygen atoms in total. The van der Waals surface area contributed by atoms with E-state index in [9.17, 15) is 14.4 Å². The Morgan fingerprint density at radius 3 is 2.32 bits per heavy atom. The van der Waals surface area contributed by atoms with E-state index in [2.05, 4.69) is 15.3 Å². The number of aryl methyl sites for hydroxylation is 1. The number of carbonyl (C=O) groups excluding carboxylic acids is 1. The molecule has 0 aliphatic carbocycles. The summed E-state index contributed by atoms with van der Waals surface area (Å²) in [5.74, 6) is 0.278. The average Bonchev–Trinajstić information content (AvgIpc) is 2.58. The van der Waals surface area contributed by atoms with Gasteiger partial charge in [-0.25, -0.2) is 0 Å². The number of ether oxygens (including phenoxy) is 1. The summed E-state index contributed by atoms with van der Waals surface area (Å²) in [7, 11) is 0. The molecule has 0 spiro atoms. The molecule has 0 bridgehead atoms. The van der Waals surface area contributed by atoms with Crippen molar-refractivity contribution in [1.82, 2.24) is 9.97 Å². The number of benzene rings is 2. The van der Waals surface area contributed by atoms with Crippen molar-refractivity contribution >= 4 is 22.6 Å². The summed E-state index contributed by atoms with van der Waals surface area (Å²) < 4.78 is 5.61. The molecular weight excluding hydrogens is 322 g/mol. The van der Waals surface area contributed by atoms with Gasteiger partial charge >= 0.3 is 11.1 Å². The SMILES string of the molecule is Cc1ccc(OC(C)C(=O)Nc2ccc3[nH]c(=O)c(=O)[nH]c3c2)cc1. The van der Waals surface area contributed by atoms with Crippen molar-refractivity contribution in [3.63, 3.8) is 0 Å². The van der Waals surface area contributed by atoms with Crippen LogP contribution in [0.1, 0.15) is 12.5 Å². The molecule has 1 unspecified atom stereocenters. The van der Waals surface area contributed by atoms with E-state index in [0.717, 1.165) is 5.56 Å². The molecule has 0 saturated heterocycles. The van der Waals surface area contributed by atoms with Crippen molar-refractivity contribution in [3.8, 4) is 5.75 Å². The lowest BCUT2D eigenvalue weighted by atomic mass is 10.2. The first kappa shape index (κ1) is 16.5. The Bertz CT molecular complexity index is 1030. The van der Waals surface area contributed by atoms with E-state index < -0.39 is 17.2 Å². The number of amides is 1. The van der Waals surface area contributed by atoms with E-state index in [1.54, 1.807) is 37.3 Å². The smallest absolute Gasteiger partial charge is 0.314 e. The van der Waals surface area contributed by atoms with Crippen LogP contribution < -0.4 is 21.2 Å². The maximum absolute atomic E-state index is 12.3. The van der Waals surface area contributed by atoms with Gasteiger partial charge in [0.15, 0.2) is 6.10 Å². The summed E-state index contributed by atoms with van der Waals surface area (Å²) in [4.78, 5) is 39.9. The van der Waals surface area contributed by atoms with Gasteiger partial charge in [0.2, 0.25) is 0 Å². The fourth-order valence-corrected chi connectivity index (χ4v) is 2.31. The highest BCUT2D eigenvalue weighted by molar-refractivity contribution is 5.95. The van der Waals surface area contributed by atoms with Crippen LogP contribution in [0.25, 0.3) is 11.0 Å². The lowest BCUT2D eigenvalue weighted by molar-refractivity contribution is -0.122. The van der Waals surface area contributed by atoms with Crippen LogP contribution in [0.3, 0.4) is 0 Å². The number of H-pyrrole nitrogens is 2. The molecule has 128 valence electrons. The molecule has 25 heavy (non-hydrogen) atoms. The largest absolute Gasteiger partial charge is 0.481 e. The highest BCUT2D eigenvalue weighted by atomic mass is 16.5. The van der Waals surface area contributed by atoms with Crippen molar-refractivity contribution in [2.45, 2.75) is 20.0 Å². The van der Waals surface area contributed by atoms with Gasteiger partial charge in [-0.3, -0.25) is 14.4 Å². The van der Waals surface area contributed by atoms with Crippen LogP contribution in [0.4, 0.5) is 5.69 Å². The lowest BCUT2D eigenvalue weighted by Gasteiger charge is -2.15. The molecule has 3 N–H and O–H groups in total. The normalized spacial score (nSPS) is 11.9. The Labute approximate surface area is 142 Å². The number of nitrogens with one attached hydrogen (secondary N) is 3. The Morgan fingerprint density at radius 1 is 1.00 bits per heavy atom. The molecule has 0 radical (unpaired) electrons. The third-order valence-corrected chi connectivity index (χ3v) is 3.69. The molecule has 3 aromatic rings. The van der Waals surface area contributed by atoms with E-state index >= 15 is 0 Å². The number of carbonyl (C=O) groups is 1. The zero-order chi connectivity index (χ0) is 18.0. The maximum atomic E-state index is 12.3. The second-order valence-electron chi connectivity index (χ2n) is 5.73. The zero-order valence-electron chi connectivity index (χ0n) is 13.8. The molecule has 1 aromatic heterocycles. The summed E-state index contributed by atoms with van der Waals surface area (Å²) in [5, 5.41) is 2.72. The summed E-state index contributed by atoms with van der Waals surface area (Å²) in [6.07, 6.45) is -0.701. The predicted octanol–water partition coefficient (Wildman–Crippen LogP) is 1.93. The van der Waals surface area contributed by atoms with Gasteiger partial charge in [-0.1, -0.05) is 17.7 Å². The van der Waals surface area contributed by atoms with Crippen LogP contribution in [-0.4, -0.2) is 22.0 Å². The molecule has 3 rings (SSSR count). The lowest BCUT2D eigenvalue weighted by Crippen LogP contribution is -2.30. The van der Waals surface area contributed by atoms with Crippen LogP contribution in [0.5, 0.6) is 5.75 Å². The van der Waals surface area contributed by atoms with Crippen molar-refractivity contribution < 1.29 is 9.53 Å². The monoisotopic (exact) mass is 339 g/mol. The van der Waals surface area contributed by atoms with E-state index in [0.29, 0.717) is 22.5 Å². The molecule has 0 fully saturated rings. The number of hydrogen-bond acceptors (Lipinski definition) is 4. The van der Waals surface area contributed by atoms with E-state index in [1.807, 2.05) is 19.1 Å². The van der Waals surface area contributed by atoms with E-state index in [1.165, 1.54) is 0 Å². The van der Waals surface area contributed by atoms with Gasteiger partial charge in [0, 0.05) is 5.69 Å². The minimum Gasteiger partial charge on any atom is -0.481 e. The molecule has 0 saturated carbocycles. The number of aromatic nitrogens is 2. The van der Waals surface area contributed by atoms with E-state index in [-0.39, 0.29) is 5.91 Å². The van der Waals surface area contributed by atoms with Gasteiger partial charge in [-0.2, -0.15) is 0 Å². The topological polar surface area (TPSA) is 104 Å². The molecule has 0 aliphatic rings. The number of fused-ring (bicyclic) bond motifs is 1. The van der Waals surface area contributed by atoms with Gasteiger partial charge in [0.1, 0.15) is 5.75 Å². The Hall–Kier alpha value is -3.35. The molecule has 0 aliphatic heterocycles. The fraction of sp³-hybridized carbons (Fsp3) is 0.167. The highest BCUT2D eigenvalue weighted by Gasteiger charge is 2.15. The van der Waals surface area contributed by atoms with Crippen LogP contribution in [0, 0.1) is 6.92 Å². The van der Waals surface area contributed by atoms with Crippen molar-refractivity contribution in [2.75, 3.05) is 5.32 Å². The third kappa shape index (κ3) is 3.77. The second-order valence-corrected chi connectivity index (χ2v) is 5.73. The average molecular weight is 339 g/mol. The molecule has 1 heterocycles. The molecule has 7 heteroatoms. The minimum absolute atomic E-state index is 0.327. The molecule has 1 atom stereocenters. The third-order valence-electron chi connectivity index (χ3n) is 3.69. The standard InChI is InChI=1S/C18H17N3O4/c1-10-3-6-13(7-4-10)25-11(2)16(22)19-12-5-8-14-15(9-12)21-18(24)17(23)20-14/h3-9,11H,1-2H3,(H,19,22)(H,20,23)(H,21,24). The summed E-state index contributed by atoms with van der Waals surface area (Å²) in [5.41, 5.74) is 1.03. The molecule has 2 aromatic carbocycles. The quantitative estimate of drug-likeness (QED) is 0.632. The summed E-state index contributed by atoms with van der Waals surface area (Å²) >= 11 is 0. The maximum Gasteiger partial charge on any atom is 0.314 e. The van der Waals surface area contributed by atoms with Gasteiger partial charge in [-0.05, 0) is 44.2 Å². The van der Waals surface area contributed by atoms with Crippen LogP contribution in [-0.2, 0) is 4.79 Å². The van der Waals surface area contributed by atoms with Gasteiger partial charge in [0.05, 0.1) is 11.0 Å². The fourth-order valence-electron chi connectivity index (χ4n) is 2.31. The Kier molecular flexibility index (Phi) is 4.38. The van der Waals surface area contributed by atoms with Crippen molar-refractivity contribution in [3.05, 3.63) is 68.7 Å². The van der Waals surface area contributed by atoms with Gasteiger partial charge in [0.25, 0.3) is 5.91 Å². The Balaban J connectivity index is 1.74. The minimum atomic E-state index is -0.743. The molecule has 1 amide bonds. The number of aromatic amines is 2. The zero-order valence-corrected chi connectivity index (χ0v) is 13.8. The first-order valence-corrected chi connectivity index (χ1v) is 7.73. The summed E-state index contributed by atoms with van der Waals surface area (Å²) in [6, 6.07) is 12.2. The number of anilines is 1. The second kappa shape index (κ2) is 6.64. The van der Waals surface area contributed by atoms with Crippen LogP contribution >= 0.6 is 0 Å². The van der Waals surface area contributed by atoms with Crippen LogP contribution in [0.2, 0.25) is 0 Å².